The number of rotatable bonds is 5. The maximum Gasteiger partial charge on any atom is 0.276 e. The Morgan fingerprint density at radius 3 is 2.81 bits per heavy atom. The van der Waals surface area contributed by atoms with Gasteiger partial charge in [0.1, 0.15) is 0 Å². The molecule has 1 N–H and O–H groups in total. The van der Waals surface area contributed by atoms with Crippen LogP contribution in [0, 0.1) is 6.92 Å². The van der Waals surface area contributed by atoms with E-state index in [4.69, 9.17) is 4.42 Å². The molecule has 2 rings (SSSR count). The van der Waals surface area contributed by atoms with Crippen molar-refractivity contribution in [2.45, 2.75) is 56.0 Å². The minimum Gasteiger partial charge on any atom is -0.416 e. The highest BCUT2D eigenvalue weighted by Crippen LogP contribution is 2.22. The summed E-state index contributed by atoms with van der Waals surface area (Å²) >= 11 is 1.64. The van der Waals surface area contributed by atoms with Gasteiger partial charge in [0.15, 0.2) is 0 Å². The molecule has 4 nitrogen and oxygen atoms in total. The zero-order chi connectivity index (χ0) is 11.4. The van der Waals surface area contributed by atoms with Crippen molar-refractivity contribution >= 4 is 11.8 Å². The summed E-state index contributed by atoms with van der Waals surface area (Å²) in [6, 6.07) is 0.729. The summed E-state index contributed by atoms with van der Waals surface area (Å²) in [5.41, 5.74) is 0. The third-order valence-corrected chi connectivity index (χ3v) is 3.79. The Hall–Kier alpha value is -0.550. The molecule has 1 aliphatic carbocycles. The van der Waals surface area contributed by atoms with Gasteiger partial charge in [-0.15, -0.1) is 10.2 Å². The van der Waals surface area contributed by atoms with Gasteiger partial charge in [-0.05, 0) is 12.8 Å². The third kappa shape index (κ3) is 3.49. The van der Waals surface area contributed by atoms with Gasteiger partial charge in [0.2, 0.25) is 5.89 Å². The minimum absolute atomic E-state index is 0.473. The van der Waals surface area contributed by atoms with Gasteiger partial charge in [0.05, 0.1) is 0 Å². The normalized spacial score (nSPS) is 19.1. The van der Waals surface area contributed by atoms with Crippen molar-refractivity contribution in [3.8, 4) is 0 Å². The number of nitrogens with zero attached hydrogens (tertiary/aromatic N) is 2. The zero-order valence-electron chi connectivity index (χ0n) is 9.90. The van der Waals surface area contributed by atoms with E-state index in [0.717, 1.165) is 12.6 Å². The first-order valence-corrected chi connectivity index (χ1v) is 6.82. The molecule has 0 bridgehead atoms. The van der Waals surface area contributed by atoms with Crippen LogP contribution in [-0.2, 0) is 0 Å². The number of hydrogen-bond acceptors (Lipinski definition) is 5. The average Bonchev–Trinajstić information content (AvgIpc) is 2.87. The maximum atomic E-state index is 5.34. The van der Waals surface area contributed by atoms with Gasteiger partial charge >= 0.3 is 0 Å². The molecule has 1 aromatic heterocycles. The quantitative estimate of drug-likeness (QED) is 0.802. The van der Waals surface area contributed by atoms with Crippen LogP contribution in [0.15, 0.2) is 9.64 Å². The topological polar surface area (TPSA) is 51.0 Å². The molecule has 1 heterocycles. The number of aromatic nitrogens is 2. The van der Waals surface area contributed by atoms with Crippen molar-refractivity contribution < 1.29 is 4.42 Å². The Morgan fingerprint density at radius 2 is 2.19 bits per heavy atom. The fourth-order valence-corrected chi connectivity index (χ4v) is 2.78. The van der Waals surface area contributed by atoms with Crippen LogP contribution in [0.2, 0.25) is 0 Å². The first-order chi connectivity index (χ1) is 7.74. The van der Waals surface area contributed by atoms with Crippen molar-refractivity contribution in [3.05, 3.63) is 5.89 Å². The fraction of sp³-hybridized carbons (Fsp3) is 0.818. The van der Waals surface area contributed by atoms with E-state index in [2.05, 4.69) is 22.4 Å². The van der Waals surface area contributed by atoms with Gasteiger partial charge in [-0.1, -0.05) is 31.5 Å². The highest BCUT2D eigenvalue weighted by molar-refractivity contribution is 7.99. The Kier molecular flexibility index (Phi) is 4.23. The average molecular weight is 241 g/mol. The van der Waals surface area contributed by atoms with E-state index in [1.54, 1.807) is 11.8 Å². The molecular weight excluding hydrogens is 222 g/mol. The molecule has 5 heteroatoms. The largest absolute Gasteiger partial charge is 0.416 e. The van der Waals surface area contributed by atoms with Crippen molar-refractivity contribution in [1.82, 2.24) is 15.5 Å². The minimum atomic E-state index is 0.473. The summed E-state index contributed by atoms with van der Waals surface area (Å²) < 4.78 is 5.34. The van der Waals surface area contributed by atoms with Crippen LogP contribution < -0.4 is 5.32 Å². The molecule has 0 saturated heterocycles. The second-order valence-electron chi connectivity index (χ2n) is 4.41. The predicted octanol–water partition coefficient (Wildman–Crippen LogP) is 2.39. The van der Waals surface area contributed by atoms with Crippen LogP contribution in [0.4, 0.5) is 0 Å². The third-order valence-electron chi connectivity index (χ3n) is 2.86. The van der Waals surface area contributed by atoms with E-state index in [0.29, 0.717) is 16.4 Å². The van der Waals surface area contributed by atoms with Gasteiger partial charge in [0.25, 0.3) is 5.22 Å². The Morgan fingerprint density at radius 1 is 1.44 bits per heavy atom. The second kappa shape index (κ2) is 5.68. The van der Waals surface area contributed by atoms with E-state index in [1.807, 2.05) is 6.92 Å². The lowest BCUT2D eigenvalue weighted by molar-refractivity contribution is 0.427. The van der Waals surface area contributed by atoms with Gasteiger partial charge < -0.3 is 9.73 Å². The van der Waals surface area contributed by atoms with Gasteiger partial charge in [-0.2, -0.15) is 0 Å². The van der Waals surface area contributed by atoms with Crippen LogP contribution >= 0.6 is 11.8 Å². The van der Waals surface area contributed by atoms with Gasteiger partial charge in [-0.3, -0.25) is 0 Å². The summed E-state index contributed by atoms with van der Waals surface area (Å²) in [6.07, 6.45) is 5.41. The predicted molar refractivity (Wildman–Crippen MR) is 64.6 cm³/mol. The lowest BCUT2D eigenvalue weighted by Gasteiger charge is -2.14. The summed E-state index contributed by atoms with van der Waals surface area (Å²) in [4.78, 5) is 0. The van der Waals surface area contributed by atoms with E-state index in [1.165, 1.54) is 25.7 Å². The number of hydrogen-bond donors (Lipinski definition) is 1. The van der Waals surface area contributed by atoms with E-state index < -0.39 is 0 Å². The molecule has 0 spiro atoms. The standard InChI is InChI=1S/C11H19N3OS/c1-8(7-12-10-5-3-4-6-10)16-11-14-13-9(2)15-11/h8,10,12H,3-7H2,1-2H3. The molecule has 0 radical (unpaired) electrons. The Labute approximate surface area is 101 Å². The molecule has 1 fully saturated rings. The smallest absolute Gasteiger partial charge is 0.276 e. The monoisotopic (exact) mass is 241 g/mol. The molecule has 0 amide bonds. The molecule has 1 atom stereocenters. The van der Waals surface area contributed by atoms with Crippen LogP contribution in [0.25, 0.3) is 0 Å². The Bertz CT molecular complexity index is 323. The number of thioether (sulfide) groups is 1. The molecule has 90 valence electrons. The van der Waals surface area contributed by atoms with Crippen molar-refractivity contribution in [1.29, 1.82) is 0 Å². The molecule has 1 unspecified atom stereocenters. The molecular formula is C11H19N3OS. The van der Waals surface area contributed by atoms with Crippen LogP contribution in [0.5, 0.6) is 0 Å². The fourth-order valence-electron chi connectivity index (χ4n) is 2.00. The first-order valence-electron chi connectivity index (χ1n) is 5.94. The highest BCUT2D eigenvalue weighted by atomic mass is 32.2. The lowest BCUT2D eigenvalue weighted by atomic mass is 10.2. The summed E-state index contributed by atoms with van der Waals surface area (Å²) in [7, 11) is 0. The van der Waals surface area contributed by atoms with E-state index >= 15 is 0 Å². The molecule has 16 heavy (non-hydrogen) atoms. The molecule has 0 aliphatic heterocycles. The maximum absolute atomic E-state index is 5.34. The zero-order valence-corrected chi connectivity index (χ0v) is 10.7. The lowest BCUT2D eigenvalue weighted by Crippen LogP contribution is -2.31. The van der Waals surface area contributed by atoms with Crippen LogP contribution in [-0.4, -0.2) is 28.0 Å². The summed E-state index contributed by atoms with van der Waals surface area (Å²) in [5.74, 6) is 0.637. The molecule has 0 aromatic carbocycles. The van der Waals surface area contributed by atoms with Crippen molar-refractivity contribution in [3.63, 3.8) is 0 Å². The van der Waals surface area contributed by atoms with Crippen LogP contribution in [0.1, 0.15) is 38.5 Å². The first kappa shape index (κ1) is 11.9. The Balaban J connectivity index is 1.69. The number of nitrogens with one attached hydrogen (secondary N) is 1. The molecule has 1 aromatic rings. The molecule has 1 aliphatic rings. The summed E-state index contributed by atoms with van der Waals surface area (Å²) in [5, 5.41) is 12.6. The van der Waals surface area contributed by atoms with Crippen molar-refractivity contribution in [2.24, 2.45) is 0 Å². The number of aryl methyl sites for hydroxylation is 1. The summed E-state index contributed by atoms with van der Waals surface area (Å²) in [6.45, 7) is 5.02. The van der Waals surface area contributed by atoms with Crippen LogP contribution in [0.3, 0.4) is 0 Å². The van der Waals surface area contributed by atoms with Gasteiger partial charge in [0, 0.05) is 24.8 Å². The van der Waals surface area contributed by atoms with E-state index in [9.17, 15) is 0 Å². The molecule has 1 saturated carbocycles. The second-order valence-corrected chi connectivity index (χ2v) is 5.79. The van der Waals surface area contributed by atoms with Crippen molar-refractivity contribution in [2.75, 3.05) is 6.54 Å². The van der Waals surface area contributed by atoms with E-state index in [-0.39, 0.29) is 0 Å². The highest BCUT2D eigenvalue weighted by Gasteiger charge is 2.16. The van der Waals surface area contributed by atoms with Gasteiger partial charge in [-0.25, -0.2) is 0 Å². The SMILES string of the molecule is Cc1nnc(SC(C)CNC2CCCC2)o1.